The zero-order valence-electron chi connectivity index (χ0n) is 11.9. The second-order valence-electron chi connectivity index (χ2n) is 5.90. The normalized spacial score (nSPS) is 30.7. The third-order valence-electron chi connectivity index (χ3n) is 4.93. The predicted molar refractivity (Wildman–Crippen MR) is 73.4 cm³/mol. The largest absolute Gasteiger partial charge is 0.351 e. The van der Waals surface area contributed by atoms with E-state index < -0.39 is 5.72 Å². The number of likely N-dealkylation sites (tertiary alicyclic amines) is 1. The lowest BCUT2D eigenvalue weighted by molar-refractivity contribution is -0.136. The number of pyridine rings is 1. The van der Waals surface area contributed by atoms with Crippen molar-refractivity contribution >= 4 is 11.8 Å². The molecule has 1 spiro atoms. The van der Waals surface area contributed by atoms with Gasteiger partial charge in [0.15, 0.2) is 5.72 Å². The van der Waals surface area contributed by atoms with Crippen LogP contribution in [0.25, 0.3) is 0 Å². The van der Waals surface area contributed by atoms with Crippen LogP contribution in [0.5, 0.6) is 0 Å². The standard InChI is InChI=1S/C15H17N3O3/c1-10-2-4-16-9-11(10)14(20)17-5-3-15-12(17)8-13(19)18(15)6-7-21-15/h2,4,9,12H,3,5-8H2,1H3/t12-,15+/m1/s1. The molecule has 0 aromatic carbocycles. The first-order valence-corrected chi connectivity index (χ1v) is 7.29. The lowest BCUT2D eigenvalue weighted by Crippen LogP contribution is -2.48. The summed E-state index contributed by atoms with van der Waals surface area (Å²) in [5, 5.41) is 0. The Balaban J connectivity index is 1.68. The van der Waals surface area contributed by atoms with Gasteiger partial charge in [-0.25, -0.2) is 0 Å². The molecule has 6 nitrogen and oxygen atoms in total. The van der Waals surface area contributed by atoms with E-state index in [-0.39, 0.29) is 17.9 Å². The molecule has 110 valence electrons. The molecule has 2 atom stereocenters. The number of ether oxygens (including phenoxy) is 1. The van der Waals surface area contributed by atoms with E-state index in [9.17, 15) is 9.59 Å². The Morgan fingerprint density at radius 2 is 2.33 bits per heavy atom. The fourth-order valence-corrected chi connectivity index (χ4v) is 3.88. The van der Waals surface area contributed by atoms with E-state index in [0.29, 0.717) is 38.1 Å². The van der Waals surface area contributed by atoms with E-state index >= 15 is 0 Å². The van der Waals surface area contributed by atoms with Crippen molar-refractivity contribution in [2.75, 3.05) is 19.7 Å². The molecular weight excluding hydrogens is 270 g/mol. The Labute approximate surface area is 122 Å². The summed E-state index contributed by atoms with van der Waals surface area (Å²) in [4.78, 5) is 32.6. The molecule has 2 amide bonds. The van der Waals surface area contributed by atoms with Crippen molar-refractivity contribution < 1.29 is 14.3 Å². The van der Waals surface area contributed by atoms with Crippen LogP contribution < -0.4 is 0 Å². The van der Waals surface area contributed by atoms with Crippen molar-refractivity contribution in [3.63, 3.8) is 0 Å². The van der Waals surface area contributed by atoms with Gasteiger partial charge in [0.25, 0.3) is 5.91 Å². The number of rotatable bonds is 1. The minimum Gasteiger partial charge on any atom is -0.351 e. The molecule has 1 aromatic heterocycles. The van der Waals surface area contributed by atoms with E-state index in [2.05, 4.69) is 4.98 Å². The quantitative estimate of drug-likeness (QED) is 0.757. The van der Waals surface area contributed by atoms with Gasteiger partial charge in [0.05, 0.1) is 24.6 Å². The molecule has 21 heavy (non-hydrogen) atoms. The molecule has 4 heterocycles. The zero-order chi connectivity index (χ0) is 14.6. The average molecular weight is 287 g/mol. The Hall–Kier alpha value is -1.95. The first-order chi connectivity index (χ1) is 10.1. The zero-order valence-corrected chi connectivity index (χ0v) is 11.9. The average Bonchev–Trinajstić information content (AvgIpc) is 3.10. The molecule has 4 rings (SSSR count). The molecule has 0 N–H and O–H groups in total. The van der Waals surface area contributed by atoms with Crippen LogP contribution in [0.15, 0.2) is 18.5 Å². The third kappa shape index (κ3) is 1.59. The maximum absolute atomic E-state index is 12.8. The number of nitrogens with zero attached hydrogens (tertiary/aromatic N) is 3. The number of carbonyl (C=O) groups excluding carboxylic acids is 2. The SMILES string of the molecule is Cc1ccncc1C(=O)N1CC[C@@]23OCCN2C(=O)C[C@@H]13. The van der Waals surface area contributed by atoms with Gasteiger partial charge in [0.2, 0.25) is 5.91 Å². The Morgan fingerprint density at radius 3 is 3.14 bits per heavy atom. The number of aromatic nitrogens is 1. The van der Waals surface area contributed by atoms with Gasteiger partial charge < -0.3 is 14.5 Å². The summed E-state index contributed by atoms with van der Waals surface area (Å²) in [5.74, 6) is 0.0468. The maximum Gasteiger partial charge on any atom is 0.256 e. The fraction of sp³-hybridized carbons (Fsp3) is 0.533. The summed E-state index contributed by atoms with van der Waals surface area (Å²) < 4.78 is 5.90. The molecule has 0 radical (unpaired) electrons. The van der Waals surface area contributed by atoms with Gasteiger partial charge in [-0.15, -0.1) is 0 Å². The van der Waals surface area contributed by atoms with E-state index in [1.165, 1.54) is 0 Å². The monoisotopic (exact) mass is 287 g/mol. The first-order valence-electron chi connectivity index (χ1n) is 7.29. The van der Waals surface area contributed by atoms with Gasteiger partial charge >= 0.3 is 0 Å². The number of hydrogen-bond donors (Lipinski definition) is 0. The number of hydrogen-bond acceptors (Lipinski definition) is 4. The number of aryl methyl sites for hydroxylation is 1. The molecule has 3 fully saturated rings. The van der Waals surface area contributed by atoms with Gasteiger partial charge in [-0.2, -0.15) is 0 Å². The maximum atomic E-state index is 12.8. The predicted octanol–water partition coefficient (Wildman–Crippen LogP) is 0.563. The van der Waals surface area contributed by atoms with Crippen LogP contribution in [-0.4, -0.2) is 58.1 Å². The van der Waals surface area contributed by atoms with Crippen LogP contribution in [0, 0.1) is 6.92 Å². The van der Waals surface area contributed by atoms with Crippen LogP contribution in [0.3, 0.4) is 0 Å². The highest BCUT2D eigenvalue weighted by Gasteiger charge is 2.62. The molecule has 1 aromatic rings. The highest BCUT2D eigenvalue weighted by atomic mass is 16.5. The summed E-state index contributed by atoms with van der Waals surface area (Å²) in [6.45, 7) is 3.74. The Bertz CT molecular complexity index is 632. The van der Waals surface area contributed by atoms with Crippen LogP contribution in [0.2, 0.25) is 0 Å². The van der Waals surface area contributed by atoms with Crippen molar-refractivity contribution in [2.24, 2.45) is 0 Å². The third-order valence-corrected chi connectivity index (χ3v) is 4.93. The van der Waals surface area contributed by atoms with E-state index in [0.717, 1.165) is 5.56 Å². The highest BCUT2D eigenvalue weighted by molar-refractivity contribution is 5.96. The minimum absolute atomic E-state index is 0.0485. The summed E-state index contributed by atoms with van der Waals surface area (Å²) in [6, 6.07) is 1.66. The first kappa shape index (κ1) is 12.8. The number of carbonyl (C=O) groups is 2. The van der Waals surface area contributed by atoms with Gasteiger partial charge in [-0.1, -0.05) is 0 Å². The second kappa shape index (κ2) is 4.27. The topological polar surface area (TPSA) is 62.7 Å². The summed E-state index contributed by atoms with van der Waals surface area (Å²) in [5.41, 5.74) is 0.950. The summed E-state index contributed by atoms with van der Waals surface area (Å²) in [6.07, 6.45) is 4.35. The van der Waals surface area contributed by atoms with Gasteiger partial charge in [0, 0.05) is 31.9 Å². The van der Waals surface area contributed by atoms with Crippen LogP contribution >= 0.6 is 0 Å². The Kier molecular flexibility index (Phi) is 2.60. The van der Waals surface area contributed by atoms with E-state index in [4.69, 9.17) is 4.74 Å². The molecule has 0 saturated carbocycles. The molecule has 3 aliphatic rings. The molecule has 0 unspecified atom stereocenters. The van der Waals surface area contributed by atoms with Gasteiger partial charge in [0.1, 0.15) is 0 Å². The smallest absolute Gasteiger partial charge is 0.256 e. The van der Waals surface area contributed by atoms with E-state index in [1.54, 1.807) is 17.3 Å². The van der Waals surface area contributed by atoms with Gasteiger partial charge in [-0.05, 0) is 18.6 Å². The Morgan fingerprint density at radius 1 is 1.48 bits per heavy atom. The fourth-order valence-electron chi connectivity index (χ4n) is 3.88. The van der Waals surface area contributed by atoms with Crippen LogP contribution in [-0.2, 0) is 9.53 Å². The summed E-state index contributed by atoms with van der Waals surface area (Å²) in [7, 11) is 0. The van der Waals surface area contributed by atoms with Gasteiger partial charge in [-0.3, -0.25) is 14.6 Å². The number of amides is 2. The molecule has 3 aliphatic heterocycles. The van der Waals surface area contributed by atoms with Crippen molar-refractivity contribution in [3.8, 4) is 0 Å². The van der Waals surface area contributed by atoms with Crippen molar-refractivity contribution in [3.05, 3.63) is 29.6 Å². The van der Waals surface area contributed by atoms with Crippen LogP contribution in [0.4, 0.5) is 0 Å². The second-order valence-corrected chi connectivity index (χ2v) is 5.90. The van der Waals surface area contributed by atoms with Crippen molar-refractivity contribution in [2.45, 2.75) is 31.5 Å². The molecule has 3 saturated heterocycles. The lowest BCUT2D eigenvalue weighted by atomic mass is 10.1. The summed E-state index contributed by atoms with van der Waals surface area (Å²) >= 11 is 0. The highest BCUT2D eigenvalue weighted by Crippen LogP contribution is 2.45. The molecular formula is C15H17N3O3. The van der Waals surface area contributed by atoms with Crippen molar-refractivity contribution in [1.29, 1.82) is 0 Å². The lowest BCUT2D eigenvalue weighted by Gasteiger charge is -2.31. The van der Waals surface area contributed by atoms with Crippen molar-refractivity contribution in [1.82, 2.24) is 14.8 Å². The van der Waals surface area contributed by atoms with E-state index in [1.807, 2.05) is 17.9 Å². The van der Waals surface area contributed by atoms with Crippen LogP contribution in [0.1, 0.15) is 28.8 Å². The molecule has 0 aliphatic carbocycles. The minimum atomic E-state index is -0.567. The molecule has 0 bridgehead atoms. The molecule has 6 heteroatoms.